The SMILES string of the molecule is O=C1[C@H]2[C@@H](c3cccc4ccccc34)N(c3ccccc3)O[C@H]2C(=O)N1c1ccc(Br)cc1. The van der Waals surface area contributed by atoms with E-state index >= 15 is 0 Å². The van der Waals surface area contributed by atoms with Gasteiger partial charge in [-0.2, -0.15) is 0 Å². The molecule has 2 aliphatic rings. The van der Waals surface area contributed by atoms with E-state index in [0.29, 0.717) is 5.69 Å². The zero-order valence-corrected chi connectivity index (χ0v) is 19.1. The third-order valence-corrected chi connectivity index (χ3v) is 6.88. The summed E-state index contributed by atoms with van der Waals surface area (Å²) in [7, 11) is 0. The van der Waals surface area contributed by atoms with Crippen LogP contribution < -0.4 is 9.96 Å². The van der Waals surface area contributed by atoms with Crippen molar-refractivity contribution in [2.24, 2.45) is 5.92 Å². The third-order valence-electron chi connectivity index (χ3n) is 6.35. The van der Waals surface area contributed by atoms with Gasteiger partial charge in [-0.1, -0.05) is 76.6 Å². The molecule has 162 valence electrons. The van der Waals surface area contributed by atoms with Gasteiger partial charge in [0.25, 0.3) is 5.91 Å². The van der Waals surface area contributed by atoms with E-state index in [1.807, 2.05) is 66.7 Å². The molecule has 5 nitrogen and oxygen atoms in total. The summed E-state index contributed by atoms with van der Waals surface area (Å²) in [5, 5.41) is 3.86. The Labute approximate surface area is 199 Å². The molecule has 0 aromatic heterocycles. The molecule has 0 aliphatic carbocycles. The van der Waals surface area contributed by atoms with Gasteiger partial charge in [0.15, 0.2) is 6.10 Å². The van der Waals surface area contributed by atoms with E-state index < -0.39 is 18.1 Å². The Morgan fingerprint density at radius 2 is 1.39 bits per heavy atom. The first-order valence-electron chi connectivity index (χ1n) is 10.8. The van der Waals surface area contributed by atoms with Gasteiger partial charge in [0.2, 0.25) is 5.91 Å². The van der Waals surface area contributed by atoms with Crippen molar-refractivity contribution in [2.75, 3.05) is 9.96 Å². The van der Waals surface area contributed by atoms with Gasteiger partial charge in [0, 0.05) is 4.47 Å². The van der Waals surface area contributed by atoms with Crippen LogP contribution >= 0.6 is 15.9 Å². The van der Waals surface area contributed by atoms with Gasteiger partial charge in [-0.05, 0) is 52.7 Å². The lowest BCUT2D eigenvalue weighted by molar-refractivity contribution is -0.126. The van der Waals surface area contributed by atoms with E-state index in [1.165, 1.54) is 4.90 Å². The Balaban J connectivity index is 1.50. The molecular weight excluding hydrogens is 480 g/mol. The van der Waals surface area contributed by atoms with Crippen molar-refractivity contribution in [1.82, 2.24) is 0 Å². The Morgan fingerprint density at radius 3 is 2.18 bits per heavy atom. The van der Waals surface area contributed by atoms with Gasteiger partial charge in [-0.25, -0.2) is 9.96 Å². The molecular formula is C27H19BrN2O3. The average Bonchev–Trinajstić information content (AvgIpc) is 3.36. The fourth-order valence-electron chi connectivity index (χ4n) is 4.88. The Kier molecular flexibility index (Phi) is 4.78. The van der Waals surface area contributed by atoms with Crippen molar-refractivity contribution in [3.05, 3.63) is 107 Å². The molecule has 33 heavy (non-hydrogen) atoms. The number of imide groups is 1. The van der Waals surface area contributed by atoms with Crippen LogP contribution in [0.15, 0.2) is 102 Å². The molecule has 0 unspecified atom stereocenters. The van der Waals surface area contributed by atoms with Crippen molar-refractivity contribution in [3.63, 3.8) is 0 Å². The van der Waals surface area contributed by atoms with Gasteiger partial charge in [-0.15, -0.1) is 0 Å². The maximum absolute atomic E-state index is 13.8. The fourth-order valence-corrected chi connectivity index (χ4v) is 5.15. The molecule has 2 amide bonds. The lowest BCUT2D eigenvalue weighted by Gasteiger charge is -2.29. The molecule has 4 aromatic carbocycles. The van der Waals surface area contributed by atoms with Crippen LogP contribution in [0.2, 0.25) is 0 Å². The summed E-state index contributed by atoms with van der Waals surface area (Å²) in [5.74, 6) is -1.24. The predicted molar refractivity (Wildman–Crippen MR) is 131 cm³/mol. The standard InChI is InChI=1S/C27H19BrN2O3/c28-18-13-15-19(16-14-18)29-26(31)23-24(22-12-6-8-17-7-4-5-11-21(17)22)30(33-25(23)27(29)32)20-9-2-1-3-10-20/h1-16,23-25H/t23-,24+,25+/m0/s1. The highest BCUT2D eigenvalue weighted by Gasteiger charge is 2.60. The number of nitrogens with zero attached hydrogens (tertiary/aromatic N) is 2. The van der Waals surface area contributed by atoms with E-state index in [-0.39, 0.29) is 11.8 Å². The number of anilines is 2. The monoisotopic (exact) mass is 498 g/mol. The van der Waals surface area contributed by atoms with Crippen LogP contribution in [-0.4, -0.2) is 17.9 Å². The van der Waals surface area contributed by atoms with Crippen LogP contribution in [0.1, 0.15) is 11.6 Å². The van der Waals surface area contributed by atoms with Crippen molar-refractivity contribution in [3.8, 4) is 0 Å². The highest BCUT2D eigenvalue weighted by molar-refractivity contribution is 9.10. The summed E-state index contributed by atoms with van der Waals surface area (Å²) >= 11 is 3.41. The summed E-state index contributed by atoms with van der Waals surface area (Å²) in [4.78, 5) is 34.7. The zero-order chi connectivity index (χ0) is 22.5. The van der Waals surface area contributed by atoms with Crippen molar-refractivity contribution in [1.29, 1.82) is 0 Å². The van der Waals surface area contributed by atoms with Gasteiger partial charge in [-0.3, -0.25) is 14.4 Å². The number of fused-ring (bicyclic) bond motifs is 2. The minimum atomic E-state index is -0.884. The van der Waals surface area contributed by atoms with Crippen molar-refractivity contribution >= 4 is 49.9 Å². The van der Waals surface area contributed by atoms with E-state index in [9.17, 15) is 9.59 Å². The second-order valence-electron chi connectivity index (χ2n) is 8.21. The molecule has 0 radical (unpaired) electrons. The number of rotatable bonds is 3. The molecule has 0 N–H and O–H groups in total. The van der Waals surface area contributed by atoms with Crippen LogP contribution in [0.4, 0.5) is 11.4 Å². The molecule has 2 aliphatic heterocycles. The first-order valence-corrected chi connectivity index (χ1v) is 11.5. The lowest BCUT2D eigenvalue weighted by atomic mass is 9.87. The van der Waals surface area contributed by atoms with Crippen LogP contribution in [0.5, 0.6) is 0 Å². The van der Waals surface area contributed by atoms with Crippen molar-refractivity contribution < 1.29 is 14.4 Å². The quantitative estimate of drug-likeness (QED) is 0.342. The number of hydrogen-bond donors (Lipinski definition) is 0. The first-order chi connectivity index (χ1) is 16.1. The number of benzene rings is 4. The summed E-state index contributed by atoms with van der Waals surface area (Å²) < 4.78 is 0.880. The molecule has 0 bridgehead atoms. The smallest absolute Gasteiger partial charge is 0.266 e. The lowest BCUT2D eigenvalue weighted by Crippen LogP contribution is -2.37. The molecule has 0 spiro atoms. The minimum absolute atomic E-state index is 0.247. The summed E-state index contributed by atoms with van der Waals surface area (Å²) in [6.07, 6.45) is -0.884. The number of amides is 2. The predicted octanol–water partition coefficient (Wildman–Crippen LogP) is 5.65. The Morgan fingerprint density at radius 1 is 0.697 bits per heavy atom. The van der Waals surface area contributed by atoms with Gasteiger partial charge in [0.1, 0.15) is 5.92 Å². The topological polar surface area (TPSA) is 49.9 Å². The molecule has 3 atom stereocenters. The second-order valence-corrected chi connectivity index (χ2v) is 9.13. The summed E-state index contributed by atoms with van der Waals surface area (Å²) in [6, 6.07) is 30.5. The van der Waals surface area contributed by atoms with Gasteiger partial charge >= 0.3 is 0 Å². The summed E-state index contributed by atoms with van der Waals surface area (Å²) in [6.45, 7) is 0. The van der Waals surface area contributed by atoms with Crippen LogP contribution in [0.25, 0.3) is 10.8 Å². The number of halogens is 1. The van der Waals surface area contributed by atoms with Crippen molar-refractivity contribution in [2.45, 2.75) is 12.1 Å². The van der Waals surface area contributed by atoms with Gasteiger partial charge < -0.3 is 0 Å². The maximum atomic E-state index is 13.8. The van der Waals surface area contributed by atoms with E-state index in [4.69, 9.17) is 4.84 Å². The van der Waals surface area contributed by atoms with Crippen LogP contribution in [-0.2, 0) is 14.4 Å². The van der Waals surface area contributed by atoms with Gasteiger partial charge in [0.05, 0.1) is 17.4 Å². The molecule has 6 heteroatoms. The molecule has 4 aromatic rings. The minimum Gasteiger partial charge on any atom is -0.273 e. The van der Waals surface area contributed by atoms with E-state index in [0.717, 1.165) is 26.5 Å². The van der Waals surface area contributed by atoms with E-state index in [2.05, 4.69) is 34.1 Å². The van der Waals surface area contributed by atoms with E-state index in [1.54, 1.807) is 17.2 Å². The number of para-hydroxylation sites is 1. The third kappa shape index (κ3) is 3.17. The number of hydrogen-bond acceptors (Lipinski definition) is 4. The summed E-state index contributed by atoms with van der Waals surface area (Å²) in [5.41, 5.74) is 2.32. The molecule has 0 saturated carbocycles. The average molecular weight is 499 g/mol. The Bertz CT molecular complexity index is 1370. The molecule has 6 rings (SSSR count). The molecule has 2 heterocycles. The number of carbonyl (C=O) groups excluding carboxylic acids is 2. The Hall–Kier alpha value is -3.48. The second kappa shape index (κ2) is 7.83. The van der Waals surface area contributed by atoms with Crippen LogP contribution in [0, 0.1) is 5.92 Å². The highest BCUT2D eigenvalue weighted by atomic mass is 79.9. The maximum Gasteiger partial charge on any atom is 0.266 e. The number of hydroxylamine groups is 1. The fraction of sp³-hybridized carbons (Fsp3) is 0.111. The zero-order valence-electron chi connectivity index (χ0n) is 17.5. The molecule has 2 fully saturated rings. The van der Waals surface area contributed by atoms with Crippen LogP contribution in [0.3, 0.4) is 0 Å². The highest BCUT2D eigenvalue weighted by Crippen LogP contribution is 2.48. The number of carbonyl (C=O) groups is 2. The largest absolute Gasteiger partial charge is 0.273 e. The normalized spacial score (nSPS) is 22.3. The first kappa shape index (κ1) is 20.1. The molecule has 2 saturated heterocycles.